The van der Waals surface area contributed by atoms with Gasteiger partial charge in [0.25, 0.3) is 0 Å². The number of carbonyl (C=O) groups excluding carboxylic acids is 1. The smallest absolute Gasteiger partial charge is 0.209 e. The molecule has 8 heteroatoms. The van der Waals surface area contributed by atoms with Crippen LogP contribution in [0.4, 0.5) is 0 Å². The summed E-state index contributed by atoms with van der Waals surface area (Å²) in [6, 6.07) is 7.83. The third-order valence-corrected chi connectivity index (χ3v) is 6.53. The van der Waals surface area contributed by atoms with Crippen molar-refractivity contribution in [1.29, 1.82) is 0 Å². The number of ether oxygens (including phenoxy) is 2. The van der Waals surface area contributed by atoms with Crippen molar-refractivity contribution in [2.24, 2.45) is 0 Å². The number of hydrogen-bond acceptors (Lipinski definition) is 6. The Morgan fingerprint density at radius 3 is 2.66 bits per heavy atom. The van der Waals surface area contributed by atoms with Gasteiger partial charge in [-0.05, 0) is 62.6 Å². The molecular weight excluding hydrogens is 392 g/mol. The summed E-state index contributed by atoms with van der Waals surface area (Å²) in [7, 11) is -3.23. The number of aldehydes is 1. The predicted octanol–water partition coefficient (Wildman–Crippen LogP) is 1.98. The van der Waals surface area contributed by atoms with E-state index in [0.29, 0.717) is 12.5 Å². The van der Waals surface area contributed by atoms with Crippen LogP contribution in [0.2, 0.25) is 0 Å². The summed E-state index contributed by atoms with van der Waals surface area (Å²) in [6.07, 6.45) is 7.90. The molecule has 0 unspecified atom stereocenters. The highest BCUT2D eigenvalue weighted by Gasteiger charge is 2.30. The first-order valence-electron chi connectivity index (χ1n) is 10.4. The highest BCUT2D eigenvalue weighted by atomic mass is 32.2. The van der Waals surface area contributed by atoms with E-state index in [1.165, 1.54) is 11.8 Å². The Balaban J connectivity index is 1.49. The molecule has 1 aromatic carbocycles. The van der Waals surface area contributed by atoms with E-state index >= 15 is 0 Å². The minimum absolute atomic E-state index is 0.00802. The van der Waals surface area contributed by atoms with Crippen LogP contribution in [-0.2, 0) is 19.6 Å². The number of para-hydroxylation sites is 1. The van der Waals surface area contributed by atoms with Gasteiger partial charge in [-0.15, -0.1) is 0 Å². The molecule has 0 radical (unpaired) electrons. The van der Waals surface area contributed by atoms with E-state index < -0.39 is 10.0 Å². The molecule has 2 aliphatic rings. The lowest BCUT2D eigenvalue weighted by Gasteiger charge is -2.35. The Morgan fingerprint density at radius 2 is 1.93 bits per heavy atom. The van der Waals surface area contributed by atoms with Crippen LogP contribution in [-0.4, -0.2) is 58.9 Å². The van der Waals surface area contributed by atoms with Crippen molar-refractivity contribution in [1.82, 2.24) is 10.0 Å². The van der Waals surface area contributed by atoms with Crippen LogP contribution in [0.3, 0.4) is 0 Å². The molecule has 1 saturated carbocycles. The summed E-state index contributed by atoms with van der Waals surface area (Å²) in [6.45, 7) is 1.48. The first-order chi connectivity index (χ1) is 14.0. The van der Waals surface area contributed by atoms with Crippen LogP contribution in [0.5, 0.6) is 5.75 Å². The van der Waals surface area contributed by atoms with E-state index in [4.69, 9.17) is 9.47 Å². The van der Waals surface area contributed by atoms with E-state index in [0.717, 1.165) is 57.1 Å². The Hall–Kier alpha value is -1.48. The van der Waals surface area contributed by atoms with Gasteiger partial charge in [0.1, 0.15) is 12.4 Å². The van der Waals surface area contributed by atoms with Gasteiger partial charge in [-0.2, -0.15) is 0 Å². The normalized spacial score (nSPS) is 28.0. The molecule has 0 aromatic heterocycles. The summed E-state index contributed by atoms with van der Waals surface area (Å²) >= 11 is 0. The third kappa shape index (κ3) is 6.77. The quantitative estimate of drug-likeness (QED) is 0.589. The second-order valence-corrected chi connectivity index (χ2v) is 9.80. The molecule has 2 N–H and O–H groups in total. The van der Waals surface area contributed by atoms with Crippen molar-refractivity contribution >= 4 is 16.3 Å². The highest BCUT2D eigenvalue weighted by molar-refractivity contribution is 7.88. The van der Waals surface area contributed by atoms with Crippen LogP contribution in [0.1, 0.15) is 50.0 Å². The van der Waals surface area contributed by atoms with Gasteiger partial charge in [-0.3, -0.25) is 4.79 Å². The predicted molar refractivity (Wildman–Crippen MR) is 112 cm³/mol. The largest absolute Gasteiger partial charge is 0.486 e. The minimum Gasteiger partial charge on any atom is -0.486 e. The number of carbonyl (C=O) groups is 1. The molecule has 0 amide bonds. The average molecular weight is 425 g/mol. The highest BCUT2D eigenvalue weighted by Crippen LogP contribution is 2.38. The molecule has 2 atom stereocenters. The fraction of sp³-hybridized carbons (Fsp3) is 0.667. The van der Waals surface area contributed by atoms with Gasteiger partial charge in [0.15, 0.2) is 6.29 Å². The summed E-state index contributed by atoms with van der Waals surface area (Å²) in [4.78, 5) is 10.6. The van der Waals surface area contributed by atoms with Crippen LogP contribution < -0.4 is 14.8 Å². The van der Waals surface area contributed by atoms with Gasteiger partial charge in [0.05, 0.1) is 19.0 Å². The van der Waals surface area contributed by atoms with E-state index in [1.54, 1.807) is 0 Å². The van der Waals surface area contributed by atoms with Crippen LogP contribution in [0.15, 0.2) is 24.3 Å². The molecule has 3 rings (SSSR count). The van der Waals surface area contributed by atoms with Crippen molar-refractivity contribution in [2.75, 3.05) is 26.0 Å². The maximum Gasteiger partial charge on any atom is 0.209 e. The second-order valence-electron chi connectivity index (χ2n) is 8.02. The van der Waals surface area contributed by atoms with Gasteiger partial charge in [0.2, 0.25) is 10.0 Å². The van der Waals surface area contributed by atoms with E-state index in [9.17, 15) is 13.2 Å². The van der Waals surface area contributed by atoms with E-state index in [-0.39, 0.29) is 24.8 Å². The lowest BCUT2D eigenvalue weighted by atomic mass is 9.82. The van der Waals surface area contributed by atoms with Crippen LogP contribution in [0.25, 0.3) is 0 Å². The molecular formula is C21H32N2O5S. The maximum atomic E-state index is 11.6. The lowest BCUT2D eigenvalue weighted by molar-refractivity contribution is -0.109. The topological polar surface area (TPSA) is 93.7 Å². The molecule has 1 saturated heterocycles. The Kier molecular flexibility index (Phi) is 8.06. The number of nitrogens with one attached hydrogen (secondary N) is 2. The molecule has 29 heavy (non-hydrogen) atoms. The standard InChI is InChI=1S/C21H32N2O5S/c1-29(25,26)23-19-6-4-12-22-20(19)15-28-17-10-8-16(9-11-17)18-5-2-3-7-21(18)27-14-13-24/h2-3,5,7,13,16-17,19-20,22-23H,4,6,8-12,14-15H2,1H3/t16?,17?,19-,20-/m0/s1. The summed E-state index contributed by atoms with van der Waals surface area (Å²) in [5.41, 5.74) is 1.17. The average Bonchev–Trinajstić information content (AvgIpc) is 2.71. The van der Waals surface area contributed by atoms with Gasteiger partial charge < -0.3 is 14.8 Å². The number of hydrogen-bond donors (Lipinski definition) is 2. The number of piperidine rings is 1. The molecule has 0 spiro atoms. The van der Waals surface area contributed by atoms with Crippen LogP contribution in [0, 0.1) is 0 Å². The van der Waals surface area contributed by atoms with Crippen molar-refractivity contribution in [3.63, 3.8) is 0 Å². The zero-order valence-electron chi connectivity index (χ0n) is 17.0. The van der Waals surface area contributed by atoms with E-state index in [1.807, 2.05) is 18.2 Å². The van der Waals surface area contributed by atoms with Gasteiger partial charge in [-0.25, -0.2) is 13.1 Å². The molecule has 162 valence electrons. The fourth-order valence-electron chi connectivity index (χ4n) is 4.40. The minimum atomic E-state index is -3.23. The van der Waals surface area contributed by atoms with Gasteiger partial charge in [0, 0.05) is 12.1 Å². The Labute approximate surface area is 173 Å². The van der Waals surface area contributed by atoms with Crippen molar-refractivity contribution in [3.8, 4) is 5.75 Å². The molecule has 1 heterocycles. The summed E-state index contributed by atoms with van der Waals surface area (Å²) < 4.78 is 37.7. The molecule has 1 aromatic rings. The maximum absolute atomic E-state index is 11.6. The second kappa shape index (κ2) is 10.5. The molecule has 0 bridgehead atoms. The van der Waals surface area contributed by atoms with Gasteiger partial charge >= 0.3 is 0 Å². The molecule has 2 fully saturated rings. The summed E-state index contributed by atoms with van der Waals surface area (Å²) in [5, 5.41) is 3.40. The Bertz CT molecular complexity index is 762. The van der Waals surface area contributed by atoms with Crippen LogP contribution >= 0.6 is 0 Å². The monoisotopic (exact) mass is 424 g/mol. The number of benzene rings is 1. The zero-order chi connectivity index (χ0) is 20.7. The lowest BCUT2D eigenvalue weighted by Crippen LogP contribution is -2.55. The van der Waals surface area contributed by atoms with Crippen molar-refractivity contribution < 1.29 is 22.7 Å². The SMILES string of the molecule is CS(=O)(=O)N[C@H]1CCCN[C@H]1COC1CCC(c2ccccc2OCC=O)CC1. The number of rotatable bonds is 9. The first-order valence-corrected chi connectivity index (χ1v) is 12.3. The third-order valence-electron chi connectivity index (χ3n) is 5.80. The van der Waals surface area contributed by atoms with E-state index in [2.05, 4.69) is 16.1 Å². The summed E-state index contributed by atoms with van der Waals surface area (Å²) in [5.74, 6) is 1.20. The molecule has 1 aliphatic carbocycles. The first kappa shape index (κ1) is 22.2. The number of sulfonamides is 1. The van der Waals surface area contributed by atoms with Crippen molar-refractivity contribution in [3.05, 3.63) is 29.8 Å². The fourth-order valence-corrected chi connectivity index (χ4v) is 5.23. The molecule has 7 nitrogen and oxygen atoms in total. The zero-order valence-corrected chi connectivity index (χ0v) is 17.8. The van der Waals surface area contributed by atoms with Crippen molar-refractivity contribution in [2.45, 2.75) is 62.6 Å². The van der Waals surface area contributed by atoms with Gasteiger partial charge in [-0.1, -0.05) is 18.2 Å². The Morgan fingerprint density at radius 1 is 1.17 bits per heavy atom. The molecule has 1 aliphatic heterocycles.